The van der Waals surface area contributed by atoms with Gasteiger partial charge in [-0.05, 0) is 37.3 Å². The highest BCUT2D eigenvalue weighted by Gasteiger charge is 2.23. The number of amides is 1. The Morgan fingerprint density at radius 3 is 2.53 bits per heavy atom. The molecule has 1 N–H and O–H groups in total. The lowest BCUT2D eigenvalue weighted by Gasteiger charge is -2.14. The van der Waals surface area contributed by atoms with Crippen LogP contribution in [0.1, 0.15) is 50.6 Å². The van der Waals surface area contributed by atoms with E-state index in [2.05, 4.69) is 26.1 Å². The lowest BCUT2D eigenvalue weighted by atomic mass is 9.92. The van der Waals surface area contributed by atoms with Crippen molar-refractivity contribution in [3.63, 3.8) is 0 Å². The fraction of sp³-hybridized carbons (Fsp3) is 0.304. The molecule has 3 aromatic rings. The Hall–Kier alpha value is -2.73. The molecule has 0 saturated carbocycles. The maximum absolute atomic E-state index is 14.1. The molecule has 3 rings (SSSR count). The van der Waals surface area contributed by atoms with Crippen LogP contribution in [0.3, 0.4) is 0 Å². The summed E-state index contributed by atoms with van der Waals surface area (Å²) < 4.78 is 29.3. The van der Waals surface area contributed by atoms with Crippen LogP contribution in [-0.2, 0) is 16.8 Å². The molecular formula is C23H24ClF2N3O. The van der Waals surface area contributed by atoms with Gasteiger partial charge in [0.05, 0.1) is 29.5 Å². The molecule has 0 aliphatic carbocycles. The summed E-state index contributed by atoms with van der Waals surface area (Å²) in [5.74, 6) is -3.22. The van der Waals surface area contributed by atoms with Crippen LogP contribution < -0.4 is 5.32 Å². The van der Waals surface area contributed by atoms with E-state index >= 15 is 0 Å². The van der Waals surface area contributed by atoms with Crippen molar-refractivity contribution in [2.45, 2.75) is 45.6 Å². The Morgan fingerprint density at radius 1 is 1.17 bits per heavy atom. The van der Waals surface area contributed by atoms with Crippen molar-refractivity contribution >= 4 is 17.5 Å². The summed E-state index contributed by atoms with van der Waals surface area (Å²) in [5, 5.41) is 8.08. The third-order valence-electron chi connectivity index (χ3n) is 4.89. The van der Waals surface area contributed by atoms with Gasteiger partial charge < -0.3 is 5.32 Å². The smallest absolute Gasteiger partial charge is 0.227 e. The van der Waals surface area contributed by atoms with Crippen molar-refractivity contribution in [1.82, 2.24) is 15.1 Å². The molecule has 0 aliphatic heterocycles. The lowest BCUT2D eigenvalue weighted by Crippen LogP contribution is -2.29. The number of halogens is 3. The molecule has 1 aromatic heterocycles. The molecular weight excluding hydrogens is 408 g/mol. The number of carbonyl (C=O) groups is 1. The van der Waals surface area contributed by atoms with Gasteiger partial charge in [-0.2, -0.15) is 5.10 Å². The van der Waals surface area contributed by atoms with Crippen LogP contribution in [0.25, 0.3) is 5.69 Å². The van der Waals surface area contributed by atoms with Crippen LogP contribution in [-0.4, -0.2) is 15.7 Å². The first-order valence-corrected chi connectivity index (χ1v) is 10.0. The fourth-order valence-corrected chi connectivity index (χ4v) is 3.26. The van der Waals surface area contributed by atoms with Crippen molar-refractivity contribution < 1.29 is 13.6 Å². The number of hydrogen-bond acceptors (Lipinski definition) is 2. The number of rotatable bonds is 5. The van der Waals surface area contributed by atoms with E-state index in [0.717, 1.165) is 23.1 Å². The summed E-state index contributed by atoms with van der Waals surface area (Å²) in [6.45, 7) is 7.87. The maximum Gasteiger partial charge on any atom is 0.227 e. The molecule has 1 amide bonds. The molecule has 0 spiro atoms. The normalized spacial score (nSPS) is 12.6. The second kappa shape index (κ2) is 8.56. The van der Waals surface area contributed by atoms with Crippen molar-refractivity contribution in [1.29, 1.82) is 0 Å². The minimum atomic E-state index is -1.00. The Kier molecular flexibility index (Phi) is 6.27. The first kappa shape index (κ1) is 22.0. The van der Waals surface area contributed by atoms with E-state index in [4.69, 9.17) is 16.7 Å². The van der Waals surface area contributed by atoms with Gasteiger partial charge >= 0.3 is 0 Å². The van der Waals surface area contributed by atoms with E-state index in [-0.39, 0.29) is 17.5 Å². The van der Waals surface area contributed by atoms with Crippen LogP contribution in [0, 0.1) is 11.6 Å². The van der Waals surface area contributed by atoms with E-state index in [1.54, 1.807) is 23.7 Å². The largest absolute Gasteiger partial charge is 0.350 e. The molecule has 0 bridgehead atoms. The van der Waals surface area contributed by atoms with Gasteiger partial charge in [-0.1, -0.05) is 50.6 Å². The molecule has 7 heteroatoms. The maximum atomic E-state index is 14.1. The number of carbonyl (C=O) groups excluding carboxylic acids is 1. The molecule has 0 fully saturated rings. The average molecular weight is 432 g/mol. The van der Waals surface area contributed by atoms with E-state index in [0.29, 0.717) is 5.02 Å². The van der Waals surface area contributed by atoms with Gasteiger partial charge in [0.25, 0.3) is 0 Å². The summed E-state index contributed by atoms with van der Waals surface area (Å²) >= 11 is 6.13. The molecule has 0 saturated heterocycles. The zero-order valence-corrected chi connectivity index (χ0v) is 18.1. The molecule has 1 heterocycles. The number of benzene rings is 2. The van der Waals surface area contributed by atoms with Gasteiger partial charge in [-0.3, -0.25) is 4.79 Å². The van der Waals surface area contributed by atoms with Crippen molar-refractivity contribution in [2.24, 2.45) is 0 Å². The van der Waals surface area contributed by atoms with Gasteiger partial charge in [0.2, 0.25) is 5.91 Å². The third-order valence-corrected chi connectivity index (χ3v) is 5.12. The Labute approximate surface area is 179 Å². The molecule has 158 valence electrons. The van der Waals surface area contributed by atoms with Gasteiger partial charge in [-0.15, -0.1) is 0 Å². The highest BCUT2D eigenvalue weighted by molar-refractivity contribution is 6.30. The van der Waals surface area contributed by atoms with Gasteiger partial charge in [0.1, 0.15) is 0 Å². The molecule has 0 radical (unpaired) electrons. The van der Waals surface area contributed by atoms with Crippen molar-refractivity contribution in [2.75, 3.05) is 0 Å². The first-order valence-electron chi connectivity index (χ1n) is 9.65. The van der Waals surface area contributed by atoms with E-state index in [1.165, 1.54) is 12.1 Å². The van der Waals surface area contributed by atoms with Crippen LogP contribution in [0.15, 0.2) is 48.5 Å². The zero-order valence-electron chi connectivity index (χ0n) is 17.3. The summed E-state index contributed by atoms with van der Waals surface area (Å²) in [7, 11) is 0. The zero-order chi connectivity index (χ0) is 22.1. The molecule has 1 unspecified atom stereocenters. The topological polar surface area (TPSA) is 46.9 Å². The highest BCUT2D eigenvalue weighted by atomic mass is 35.5. The summed E-state index contributed by atoms with van der Waals surface area (Å²) in [6.07, 6.45) is 0. The summed E-state index contributed by atoms with van der Waals surface area (Å²) in [6, 6.07) is 13.0. The van der Waals surface area contributed by atoms with Gasteiger partial charge in [0.15, 0.2) is 11.6 Å². The minimum absolute atomic E-state index is 0.0197. The predicted octanol–water partition coefficient (Wildman–Crippen LogP) is 5.52. The minimum Gasteiger partial charge on any atom is -0.350 e. The van der Waals surface area contributed by atoms with Gasteiger partial charge in [0, 0.05) is 16.0 Å². The second-order valence-corrected chi connectivity index (χ2v) is 8.68. The van der Waals surface area contributed by atoms with Crippen LogP contribution in [0.2, 0.25) is 5.02 Å². The highest BCUT2D eigenvalue weighted by Crippen LogP contribution is 2.25. The molecule has 2 aromatic carbocycles. The first-order chi connectivity index (χ1) is 14.1. The SMILES string of the molecule is CC(C(=O)NCc1cc(C(C)(C)C)nn1-c1cccc(Cl)c1)c1cccc(F)c1F. The number of hydrogen-bond donors (Lipinski definition) is 1. The lowest BCUT2D eigenvalue weighted by molar-refractivity contribution is -0.122. The predicted molar refractivity (Wildman–Crippen MR) is 114 cm³/mol. The Morgan fingerprint density at radius 2 is 1.87 bits per heavy atom. The molecule has 1 atom stereocenters. The van der Waals surface area contributed by atoms with Crippen LogP contribution >= 0.6 is 11.6 Å². The molecule has 30 heavy (non-hydrogen) atoms. The summed E-state index contributed by atoms with van der Waals surface area (Å²) in [5.41, 5.74) is 2.21. The molecule has 0 aliphatic rings. The van der Waals surface area contributed by atoms with Crippen molar-refractivity contribution in [3.8, 4) is 5.69 Å². The Balaban J connectivity index is 1.86. The second-order valence-electron chi connectivity index (χ2n) is 8.25. The fourth-order valence-electron chi connectivity index (χ4n) is 3.07. The standard InChI is InChI=1S/C23H24ClF2N3O/c1-14(18-9-6-10-19(25)21(18)26)22(30)27-13-17-12-20(23(2,3)4)28-29(17)16-8-5-7-15(24)11-16/h5-12,14H,13H2,1-4H3,(H,27,30). The summed E-state index contributed by atoms with van der Waals surface area (Å²) in [4.78, 5) is 12.6. The number of nitrogens with zero attached hydrogens (tertiary/aromatic N) is 2. The van der Waals surface area contributed by atoms with E-state index in [1.807, 2.05) is 18.2 Å². The monoisotopic (exact) mass is 431 g/mol. The third kappa shape index (κ3) is 4.70. The van der Waals surface area contributed by atoms with E-state index in [9.17, 15) is 13.6 Å². The quantitative estimate of drug-likeness (QED) is 0.578. The van der Waals surface area contributed by atoms with E-state index < -0.39 is 23.5 Å². The van der Waals surface area contributed by atoms with Crippen LogP contribution in [0.4, 0.5) is 8.78 Å². The van der Waals surface area contributed by atoms with Gasteiger partial charge in [-0.25, -0.2) is 13.5 Å². The number of aromatic nitrogens is 2. The average Bonchev–Trinajstić information content (AvgIpc) is 3.12. The Bertz CT molecular complexity index is 1070. The van der Waals surface area contributed by atoms with Crippen molar-refractivity contribution in [3.05, 3.63) is 82.1 Å². The number of nitrogens with one attached hydrogen (secondary N) is 1. The van der Waals surface area contributed by atoms with Crippen LogP contribution in [0.5, 0.6) is 0 Å². The molecule has 4 nitrogen and oxygen atoms in total.